The highest BCUT2D eigenvalue weighted by Crippen LogP contribution is 2.65. The second kappa shape index (κ2) is 8.00. The van der Waals surface area contributed by atoms with Gasteiger partial charge in [0.05, 0.1) is 19.1 Å². The van der Waals surface area contributed by atoms with Crippen molar-refractivity contribution in [2.45, 2.75) is 44.3 Å². The van der Waals surface area contributed by atoms with E-state index in [9.17, 15) is 4.79 Å². The Kier molecular flexibility index (Phi) is 5.58. The van der Waals surface area contributed by atoms with Gasteiger partial charge >= 0.3 is 0 Å². The Balaban J connectivity index is 1.48. The van der Waals surface area contributed by atoms with Gasteiger partial charge in [-0.25, -0.2) is 0 Å². The van der Waals surface area contributed by atoms with Crippen molar-refractivity contribution in [2.24, 2.45) is 16.7 Å². The second-order valence-corrected chi connectivity index (χ2v) is 9.50. The van der Waals surface area contributed by atoms with Gasteiger partial charge in [0.15, 0.2) is 5.78 Å². The van der Waals surface area contributed by atoms with Gasteiger partial charge in [0, 0.05) is 4.90 Å². The molecule has 2 aliphatic rings. The van der Waals surface area contributed by atoms with Crippen molar-refractivity contribution in [1.82, 2.24) is 0 Å². The Hall–Kier alpha value is -2.04. The van der Waals surface area contributed by atoms with Crippen LogP contribution in [0.25, 0.3) is 0 Å². The van der Waals surface area contributed by atoms with Gasteiger partial charge in [0.2, 0.25) is 0 Å². The van der Waals surface area contributed by atoms with Crippen molar-refractivity contribution in [1.29, 1.82) is 0 Å². The van der Waals surface area contributed by atoms with Crippen molar-refractivity contribution in [2.75, 3.05) is 7.11 Å². The lowest BCUT2D eigenvalue weighted by Crippen LogP contribution is -2.37. The quantitative estimate of drug-likeness (QED) is 0.535. The van der Waals surface area contributed by atoms with Gasteiger partial charge in [0.25, 0.3) is 0 Å². The van der Waals surface area contributed by atoms with Crippen LogP contribution in [0.3, 0.4) is 0 Å². The van der Waals surface area contributed by atoms with Crippen LogP contribution in [-0.4, -0.2) is 19.0 Å². The lowest BCUT2D eigenvalue weighted by Gasteiger charge is -2.33. The molecule has 2 aliphatic carbocycles. The van der Waals surface area contributed by atoms with Crippen LogP contribution in [0, 0.1) is 16.7 Å². The van der Waals surface area contributed by atoms with Crippen LogP contribution in [0.15, 0.2) is 71.0 Å². The third-order valence-electron chi connectivity index (χ3n) is 6.88. The number of benzene rings is 2. The van der Waals surface area contributed by atoms with Crippen LogP contribution >= 0.6 is 11.8 Å². The second-order valence-electron chi connectivity index (χ2n) is 8.52. The van der Waals surface area contributed by atoms with Crippen molar-refractivity contribution >= 4 is 17.5 Å². The molecule has 4 rings (SSSR count). The minimum Gasteiger partial charge on any atom is -0.497 e. The lowest BCUT2D eigenvalue weighted by molar-refractivity contribution is -0.138. The summed E-state index contributed by atoms with van der Waals surface area (Å²) in [5, 5.41) is 2.10. The third-order valence-corrected chi connectivity index (χ3v) is 7.69. The molecule has 0 spiro atoms. The Morgan fingerprint density at radius 3 is 2.52 bits per heavy atom. The molecule has 0 N–H and O–H groups in total. The number of carbonyl (C=O) groups is 1. The Bertz CT molecular complexity index is 888. The number of Topliss-reactive ketones (excluding diaryl/α,β-unsaturated/α-hetero) is 1. The van der Waals surface area contributed by atoms with Gasteiger partial charge in [-0.2, -0.15) is 0 Å². The summed E-state index contributed by atoms with van der Waals surface area (Å²) in [4.78, 5) is 14.6. The first-order valence-electron chi connectivity index (χ1n) is 10.2. The van der Waals surface area contributed by atoms with Gasteiger partial charge in [0.1, 0.15) is 11.9 Å². The molecule has 2 saturated carbocycles. The number of hydrogen-bond acceptors (Lipinski definition) is 4. The molecule has 0 amide bonds. The summed E-state index contributed by atoms with van der Waals surface area (Å²) >= 11 is 1.67. The van der Waals surface area contributed by atoms with Crippen LogP contribution < -0.4 is 4.74 Å². The van der Waals surface area contributed by atoms with Gasteiger partial charge in [-0.15, -0.1) is 0 Å². The Labute approximate surface area is 177 Å². The zero-order valence-electron chi connectivity index (χ0n) is 17.3. The molecule has 0 aliphatic heterocycles. The average molecular weight is 409 g/mol. The summed E-state index contributed by atoms with van der Waals surface area (Å²) in [5.74, 6) is 1.34. The maximum Gasteiger partial charge on any atom is 0.172 e. The smallest absolute Gasteiger partial charge is 0.172 e. The fraction of sp³-hybridized carbons (Fsp3) is 0.400. The topological polar surface area (TPSA) is 35.5 Å². The number of fused-ring (bicyclic) bond motifs is 2. The van der Waals surface area contributed by atoms with Gasteiger partial charge in [-0.1, -0.05) is 62.0 Å². The molecule has 0 heterocycles. The summed E-state index contributed by atoms with van der Waals surface area (Å²) in [6.45, 7) is 4.92. The Morgan fingerprint density at radius 2 is 1.83 bits per heavy atom. The van der Waals surface area contributed by atoms with Crippen LogP contribution in [0.5, 0.6) is 5.75 Å². The zero-order valence-corrected chi connectivity index (χ0v) is 18.1. The van der Waals surface area contributed by atoms with E-state index in [0.29, 0.717) is 6.61 Å². The van der Waals surface area contributed by atoms with E-state index < -0.39 is 5.41 Å². The summed E-state index contributed by atoms with van der Waals surface area (Å²) in [6, 6.07) is 18.1. The van der Waals surface area contributed by atoms with Crippen molar-refractivity contribution in [3.63, 3.8) is 0 Å². The number of allylic oxidation sites excluding steroid dienone is 1. The van der Waals surface area contributed by atoms with E-state index in [2.05, 4.69) is 37.5 Å². The highest BCUT2D eigenvalue weighted by Gasteiger charge is 2.68. The van der Waals surface area contributed by atoms with E-state index >= 15 is 0 Å². The van der Waals surface area contributed by atoms with E-state index in [1.807, 2.05) is 42.5 Å². The zero-order chi connectivity index (χ0) is 20.5. The molecule has 0 radical (unpaired) electrons. The van der Waals surface area contributed by atoms with Crippen LogP contribution in [-0.2, 0) is 16.1 Å². The first kappa shape index (κ1) is 20.2. The Morgan fingerprint density at radius 1 is 1.10 bits per heavy atom. The predicted octanol–water partition coefficient (Wildman–Crippen LogP) is 5.89. The molecule has 2 bridgehead atoms. The molecule has 4 heteroatoms. The summed E-state index contributed by atoms with van der Waals surface area (Å²) in [7, 11) is 1.66. The van der Waals surface area contributed by atoms with Crippen LogP contribution in [0.1, 0.15) is 32.3 Å². The van der Waals surface area contributed by atoms with Gasteiger partial charge in [-0.3, -0.25) is 4.79 Å². The van der Waals surface area contributed by atoms with E-state index in [1.54, 1.807) is 18.9 Å². The van der Waals surface area contributed by atoms with E-state index in [4.69, 9.17) is 9.47 Å². The number of hydrogen-bond donors (Lipinski definition) is 0. The summed E-state index contributed by atoms with van der Waals surface area (Å²) in [5.41, 5.74) is 0.537. The molecule has 0 saturated heterocycles. The maximum atomic E-state index is 13.5. The molecule has 0 unspecified atom stereocenters. The largest absolute Gasteiger partial charge is 0.497 e. The number of methoxy groups -OCH3 is 1. The maximum absolute atomic E-state index is 13.5. The lowest BCUT2D eigenvalue weighted by atomic mass is 9.69. The SMILES string of the molecule is COc1ccc(CO[C@@H]2C(=O)[C@@]3(/C=C/Sc4ccccc4)CC[C@H]2C3(C)C)cc1. The first-order valence-corrected chi connectivity index (χ1v) is 11.0. The number of carbonyl (C=O) groups excluding carboxylic acids is 1. The molecule has 152 valence electrons. The van der Waals surface area contributed by atoms with Crippen LogP contribution in [0.2, 0.25) is 0 Å². The number of ketones is 1. The van der Waals surface area contributed by atoms with Crippen molar-refractivity contribution in [3.8, 4) is 5.75 Å². The average Bonchev–Trinajstić information content (AvgIpc) is 3.08. The van der Waals surface area contributed by atoms with E-state index in [1.165, 1.54) is 4.90 Å². The first-order chi connectivity index (χ1) is 14.0. The standard InChI is InChI=1S/C25H28O3S/c1-24(2)21-13-14-25(24,15-16-29-20-7-5-4-6-8-20)23(26)22(21)28-17-18-9-11-19(27-3)12-10-18/h4-12,15-16,21-22H,13-14,17H2,1-3H3/b16-15+/t21-,22+,25+/m1/s1. The molecular formula is C25H28O3S. The summed E-state index contributed by atoms with van der Waals surface area (Å²) in [6.07, 6.45) is 3.78. The molecule has 29 heavy (non-hydrogen) atoms. The van der Waals surface area contributed by atoms with Gasteiger partial charge < -0.3 is 9.47 Å². The highest BCUT2D eigenvalue weighted by atomic mass is 32.2. The third kappa shape index (κ3) is 3.53. The molecule has 3 atom stereocenters. The number of rotatable bonds is 7. The van der Waals surface area contributed by atoms with Crippen LogP contribution in [0.4, 0.5) is 0 Å². The summed E-state index contributed by atoms with van der Waals surface area (Å²) < 4.78 is 11.4. The fourth-order valence-electron chi connectivity index (χ4n) is 5.01. The highest BCUT2D eigenvalue weighted by molar-refractivity contribution is 8.02. The minimum absolute atomic E-state index is 0.0948. The minimum atomic E-state index is -0.427. The number of ether oxygens (including phenoxy) is 2. The molecule has 2 aromatic carbocycles. The van der Waals surface area contributed by atoms with E-state index in [-0.39, 0.29) is 23.2 Å². The molecule has 0 aromatic heterocycles. The van der Waals surface area contributed by atoms with Crippen molar-refractivity contribution in [3.05, 3.63) is 71.6 Å². The fourth-order valence-corrected chi connectivity index (χ4v) is 5.78. The normalized spacial score (nSPS) is 27.6. The monoisotopic (exact) mass is 408 g/mol. The van der Waals surface area contributed by atoms with Gasteiger partial charge in [-0.05, 0) is 59.4 Å². The van der Waals surface area contributed by atoms with E-state index in [0.717, 1.165) is 24.2 Å². The predicted molar refractivity (Wildman–Crippen MR) is 117 cm³/mol. The number of thioether (sulfide) groups is 1. The van der Waals surface area contributed by atoms with Crippen molar-refractivity contribution < 1.29 is 14.3 Å². The molecule has 2 fully saturated rings. The molecular weight excluding hydrogens is 380 g/mol. The molecule has 3 nitrogen and oxygen atoms in total. The molecule has 2 aromatic rings.